The Morgan fingerprint density at radius 2 is 2.25 bits per heavy atom. The maximum atomic E-state index is 12.5. The number of nitrogens with zero attached hydrogens (tertiary/aromatic N) is 2. The molecule has 2 rings (SSSR count). The number of methoxy groups -OCH3 is 1. The van der Waals surface area contributed by atoms with E-state index in [0.29, 0.717) is 11.3 Å². The predicted octanol–water partition coefficient (Wildman–Crippen LogP) is 1.57. The molecule has 1 aromatic rings. The van der Waals surface area contributed by atoms with Crippen molar-refractivity contribution in [1.29, 1.82) is 0 Å². The fourth-order valence-corrected chi connectivity index (χ4v) is 2.65. The molecule has 0 aliphatic carbocycles. The first kappa shape index (κ1) is 14.7. The van der Waals surface area contributed by atoms with E-state index in [-0.39, 0.29) is 17.7 Å². The highest BCUT2D eigenvalue weighted by atomic mass is 16.5. The van der Waals surface area contributed by atoms with Crippen LogP contribution in [0.2, 0.25) is 0 Å². The zero-order chi connectivity index (χ0) is 14.7. The van der Waals surface area contributed by atoms with Crippen molar-refractivity contribution in [3.8, 4) is 11.5 Å². The van der Waals surface area contributed by atoms with Crippen LogP contribution in [0.1, 0.15) is 23.2 Å². The average Bonchev–Trinajstić information content (AvgIpc) is 2.45. The number of benzene rings is 1. The summed E-state index contributed by atoms with van der Waals surface area (Å²) in [6, 6.07) is 4.99. The monoisotopic (exact) mass is 278 g/mol. The van der Waals surface area contributed by atoms with Crippen molar-refractivity contribution in [2.75, 3.05) is 34.3 Å². The summed E-state index contributed by atoms with van der Waals surface area (Å²) in [5, 5.41) is 9.77. The highest BCUT2D eigenvalue weighted by molar-refractivity contribution is 5.95. The number of phenolic OH excluding ortho intramolecular Hbond substituents is 1. The van der Waals surface area contributed by atoms with Crippen molar-refractivity contribution in [3.05, 3.63) is 23.8 Å². The maximum absolute atomic E-state index is 12.5. The van der Waals surface area contributed by atoms with Crippen molar-refractivity contribution in [2.24, 2.45) is 0 Å². The second-order valence-corrected chi connectivity index (χ2v) is 5.36. The summed E-state index contributed by atoms with van der Waals surface area (Å²) in [7, 11) is 5.39. The number of rotatable bonds is 3. The van der Waals surface area contributed by atoms with E-state index in [1.165, 1.54) is 13.2 Å². The van der Waals surface area contributed by atoms with Gasteiger partial charge in [0, 0.05) is 25.2 Å². The van der Waals surface area contributed by atoms with Crippen molar-refractivity contribution >= 4 is 5.91 Å². The summed E-state index contributed by atoms with van der Waals surface area (Å²) in [4.78, 5) is 16.5. The Kier molecular flexibility index (Phi) is 4.49. The van der Waals surface area contributed by atoms with Crippen molar-refractivity contribution < 1.29 is 14.6 Å². The molecule has 0 saturated carbocycles. The van der Waals surface area contributed by atoms with E-state index >= 15 is 0 Å². The number of carbonyl (C=O) groups is 1. The zero-order valence-corrected chi connectivity index (χ0v) is 12.3. The molecule has 0 bridgehead atoms. The molecule has 5 nitrogen and oxygen atoms in total. The quantitative estimate of drug-likeness (QED) is 0.912. The molecular formula is C15H22N2O3. The standard InChI is InChI=1S/C15H22N2O3/c1-16-8-4-5-12(10-16)17(2)15(19)11-6-7-14(20-3)13(18)9-11/h6-7,9,12,18H,4-5,8,10H2,1-3H3. The number of carbonyl (C=O) groups excluding carboxylic acids is 1. The molecule has 110 valence electrons. The molecule has 1 aromatic carbocycles. The molecule has 1 amide bonds. The summed E-state index contributed by atoms with van der Waals surface area (Å²) < 4.78 is 4.99. The van der Waals surface area contributed by atoms with Gasteiger partial charge in [-0.15, -0.1) is 0 Å². The second-order valence-electron chi connectivity index (χ2n) is 5.36. The van der Waals surface area contributed by atoms with E-state index < -0.39 is 0 Å². The molecule has 0 radical (unpaired) electrons. The predicted molar refractivity (Wildman–Crippen MR) is 77.3 cm³/mol. The third kappa shape index (κ3) is 3.04. The van der Waals surface area contributed by atoms with Gasteiger partial charge in [-0.3, -0.25) is 4.79 Å². The van der Waals surface area contributed by atoms with E-state index in [2.05, 4.69) is 11.9 Å². The minimum atomic E-state index is -0.0664. The average molecular weight is 278 g/mol. The van der Waals surface area contributed by atoms with Crippen LogP contribution in [-0.4, -0.2) is 61.2 Å². The Morgan fingerprint density at radius 1 is 1.50 bits per heavy atom. The normalized spacial score (nSPS) is 19.6. The topological polar surface area (TPSA) is 53.0 Å². The van der Waals surface area contributed by atoms with Gasteiger partial charge in [-0.25, -0.2) is 0 Å². The molecule has 1 unspecified atom stereocenters. The Labute approximate surface area is 119 Å². The van der Waals surface area contributed by atoms with Gasteiger partial charge in [-0.2, -0.15) is 0 Å². The molecule has 1 aliphatic rings. The molecule has 1 fully saturated rings. The van der Waals surface area contributed by atoms with Crippen LogP contribution in [0.15, 0.2) is 18.2 Å². The van der Waals surface area contributed by atoms with Crippen LogP contribution in [-0.2, 0) is 0 Å². The molecule has 1 atom stereocenters. The number of likely N-dealkylation sites (N-methyl/N-ethyl adjacent to an activating group) is 2. The SMILES string of the molecule is COc1ccc(C(=O)N(C)C2CCCN(C)C2)cc1O. The Bertz CT molecular complexity index is 490. The molecule has 5 heteroatoms. The lowest BCUT2D eigenvalue weighted by Crippen LogP contribution is -2.47. The lowest BCUT2D eigenvalue weighted by Gasteiger charge is -2.35. The number of phenols is 1. The van der Waals surface area contributed by atoms with Crippen LogP contribution in [0.25, 0.3) is 0 Å². The smallest absolute Gasteiger partial charge is 0.254 e. The molecule has 0 spiro atoms. The van der Waals surface area contributed by atoms with Crippen LogP contribution in [0.4, 0.5) is 0 Å². The van der Waals surface area contributed by atoms with Crippen molar-refractivity contribution in [1.82, 2.24) is 9.80 Å². The summed E-state index contributed by atoms with van der Waals surface area (Å²) in [6.07, 6.45) is 2.13. The number of aromatic hydroxyl groups is 1. The summed E-state index contributed by atoms with van der Waals surface area (Å²) in [6.45, 7) is 1.98. The fourth-order valence-electron chi connectivity index (χ4n) is 2.65. The molecule has 1 N–H and O–H groups in total. The van der Waals surface area contributed by atoms with E-state index in [1.807, 2.05) is 7.05 Å². The minimum Gasteiger partial charge on any atom is -0.504 e. The van der Waals surface area contributed by atoms with E-state index in [4.69, 9.17) is 4.74 Å². The van der Waals surface area contributed by atoms with Crippen LogP contribution >= 0.6 is 0 Å². The Hall–Kier alpha value is -1.75. The summed E-state index contributed by atoms with van der Waals surface area (Å²) >= 11 is 0. The summed E-state index contributed by atoms with van der Waals surface area (Å²) in [5.74, 6) is 0.303. The van der Waals surface area contributed by atoms with Crippen molar-refractivity contribution in [3.63, 3.8) is 0 Å². The summed E-state index contributed by atoms with van der Waals surface area (Å²) in [5.41, 5.74) is 0.485. The third-order valence-corrected chi connectivity index (χ3v) is 3.89. The first-order chi connectivity index (χ1) is 9.52. The van der Waals surface area contributed by atoms with Crippen LogP contribution in [0.5, 0.6) is 11.5 Å². The molecular weight excluding hydrogens is 256 g/mol. The third-order valence-electron chi connectivity index (χ3n) is 3.89. The highest BCUT2D eigenvalue weighted by Gasteiger charge is 2.25. The van der Waals surface area contributed by atoms with Gasteiger partial charge >= 0.3 is 0 Å². The number of likely N-dealkylation sites (tertiary alicyclic amines) is 1. The van der Waals surface area contributed by atoms with Crippen LogP contribution in [0, 0.1) is 0 Å². The van der Waals surface area contributed by atoms with Crippen LogP contribution in [0.3, 0.4) is 0 Å². The zero-order valence-electron chi connectivity index (χ0n) is 12.3. The lowest BCUT2D eigenvalue weighted by atomic mass is 10.0. The fraction of sp³-hybridized carbons (Fsp3) is 0.533. The van der Waals surface area contributed by atoms with Gasteiger partial charge in [0.2, 0.25) is 0 Å². The number of hydrogen-bond acceptors (Lipinski definition) is 4. The Morgan fingerprint density at radius 3 is 2.85 bits per heavy atom. The van der Waals surface area contributed by atoms with E-state index in [9.17, 15) is 9.90 Å². The molecule has 0 aromatic heterocycles. The van der Waals surface area contributed by atoms with Gasteiger partial charge in [0.1, 0.15) is 0 Å². The lowest BCUT2D eigenvalue weighted by molar-refractivity contribution is 0.0643. The van der Waals surface area contributed by atoms with E-state index in [0.717, 1.165) is 25.9 Å². The van der Waals surface area contributed by atoms with Gasteiger partial charge < -0.3 is 19.6 Å². The highest BCUT2D eigenvalue weighted by Crippen LogP contribution is 2.27. The van der Waals surface area contributed by atoms with Gasteiger partial charge in [0.25, 0.3) is 5.91 Å². The first-order valence-corrected chi connectivity index (χ1v) is 6.85. The van der Waals surface area contributed by atoms with Gasteiger partial charge in [-0.1, -0.05) is 0 Å². The number of hydrogen-bond donors (Lipinski definition) is 1. The molecule has 1 aliphatic heterocycles. The van der Waals surface area contributed by atoms with E-state index in [1.54, 1.807) is 17.0 Å². The maximum Gasteiger partial charge on any atom is 0.254 e. The second kappa shape index (κ2) is 6.13. The van der Waals surface area contributed by atoms with Gasteiger partial charge in [0.15, 0.2) is 11.5 Å². The minimum absolute atomic E-state index is 0.00693. The van der Waals surface area contributed by atoms with Crippen molar-refractivity contribution in [2.45, 2.75) is 18.9 Å². The van der Waals surface area contributed by atoms with Crippen LogP contribution < -0.4 is 4.74 Å². The Balaban J connectivity index is 2.11. The number of ether oxygens (including phenoxy) is 1. The number of amides is 1. The molecule has 1 saturated heterocycles. The van der Waals surface area contributed by atoms with Gasteiger partial charge in [0.05, 0.1) is 7.11 Å². The largest absolute Gasteiger partial charge is 0.504 e. The first-order valence-electron chi connectivity index (χ1n) is 6.85. The molecule has 20 heavy (non-hydrogen) atoms. The number of piperidine rings is 1. The van der Waals surface area contributed by atoms with Gasteiger partial charge in [-0.05, 0) is 44.6 Å². The molecule has 1 heterocycles.